The second kappa shape index (κ2) is 20.3. The molecule has 8 atom stereocenters. The number of aliphatic hydroxyl groups is 2. The summed E-state index contributed by atoms with van der Waals surface area (Å²) in [5.41, 5.74) is 7.61. The molecule has 0 aliphatic carbocycles. The maximum atomic E-state index is 14.7. The Labute approximate surface area is 351 Å². The molecule has 2 saturated heterocycles. The molecule has 2 aliphatic heterocycles. The van der Waals surface area contributed by atoms with Gasteiger partial charge in [0, 0.05) is 37.1 Å². The number of amides is 1. The zero-order chi connectivity index (χ0) is 42.9. The third-order valence-corrected chi connectivity index (χ3v) is 13.0. The number of benzene rings is 1. The predicted molar refractivity (Wildman–Crippen MR) is 215 cm³/mol. The molecule has 0 radical (unpaired) electrons. The van der Waals surface area contributed by atoms with E-state index in [0.29, 0.717) is 40.4 Å². The number of nitrogen functional groups attached to an aromatic ring is 1. The summed E-state index contributed by atoms with van der Waals surface area (Å²) >= 11 is 0.511. The fraction of sp³-hybridized carbons (Fsp3) is 0.500. The number of unbranched alkanes of at least 4 members (excludes halogenated alkanes) is 1. The average Bonchev–Trinajstić information content (AvgIpc) is 4.06. The zero-order valence-electron chi connectivity index (χ0n) is 33.0. The molecule has 2 aliphatic rings. The highest BCUT2D eigenvalue weighted by Crippen LogP contribution is 2.63. The number of hydrogen-bond acceptors (Lipinski definition) is 21. The molecule has 0 spiro atoms. The van der Waals surface area contributed by atoms with Crippen LogP contribution in [0.1, 0.15) is 49.0 Å². The third kappa shape index (κ3) is 10.3. The number of anilines is 2. The molecule has 61 heavy (non-hydrogen) atoms. The summed E-state index contributed by atoms with van der Waals surface area (Å²) in [6, 6.07) is 8.59. The van der Waals surface area contributed by atoms with Gasteiger partial charge in [0.15, 0.2) is 40.6 Å². The van der Waals surface area contributed by atoms with Gasteiger partial charge in [-0.1, -0.05) is 31.5 Å². The van der Waals surface area contributed by atoms with Gasteiger partial charge in [-0.05, 0) is 18.6 Å². The summed E-state index contributed by atoms with van der Waals surface area (Å²) in [4.78, 5) is 50.7. The van der Waals surface area contributed by atoms with Gasteiger partial charge in [0.25, 0.3) is 5.91 Å². The van der Waals surface area contributed by atoms with Crippen LogP contribution in [0.2, 0.25) is 0 Å². The van der Waals surface area contributed by atoms with Crippen molar-refractivity contribution < 1.29 is 61.8 Å². The van der Waals surface area contributed by atoms with Crippen molar-refractivity contribution in [1.82, 2.24) is 39.0 Å². The molecular weight excluding hydrogens is 843 g/mol. The van der Waals surface area contributed by atoms with Crippen molar-refractivity contribution in [2.75, 3.05) is 57.1 Å². The number of carbonyl (C=O) groups is 2. The quantitative estimate of drug-likeness (QED) is 0.0377. The minimum absolute atomic E-state index is 0.0496. The van der Waals surface area contributed by atoms with Crippen LogP contribution in [-0.2, 0) is 42.0 Å². The highest BCUT2D eigenvalue weighted by molar-refractivity contribution is 8.55. The normalized spacial score (nSPS) is 23.6. The van der Waals surface area contributed by atoms with E-state index in [4.69, 9.17) is 43.2 Å². The van der Waals surface area contributed by atoms with Crippen molar-refractivity contribution >= 4 is 64.2 Å². The van der Waals surface area contributed by atoms with Gasteiger partial charge in [-0.3, -0.25) is 23.0 Å². The number of nitrogens with zero attached hydrogens (tertiary/aromatic N) is 8. The van der Waals surface area contributed by atoms with E-state index in [-0.39, 0.29) is 36.8 Å². The molecule has 23 nitrogen and oxygen atoms in total. The Bertz CT molecular complexity index is 2310. The number of imidazole rings is 2. The Balaban J connectivity index is 1.05. The number of fused-ring (bicyclic) bond motifs is 2. The first-order valence-electron chi connectivity index (χ1n) is 19.2. The van der Waals surface area contributed by atoms with Crippen LogP contribution in [0.3, 0.4) is 0 Å². The van der Waals surface area contributed by atoms with Crippen LogP contribution < -0.4 is 11.1 Å². The van der Waals surface area contributed by atoms with E-state index < -0.39 is 81.0 Å². The molecule has 1 unspecified atom stereocenters. The SMILES string of the molecule is CCCCOCCOC(=O)OCSP(=O)(OC[C@H]1O[C@@H](n2cnc3c(NC(=O)c4ccccc4)ncnc32)C[C@@H]1O)O[C@H]1[C@@H](OC)[C@H](n2cnc3c(N)ncnc32)O[C@@H]1CO. The van der Waals surface area contributed by atoms with Crippen LogP contribution in [0.5, 0.6) is 0 Å². The molecule has 1 aromatic carbocycles. The van der Waals surface area contributed by atoms with E-state index in [2.05, 4.69) is 35.2 Å². The maximum Gasteiger partial charge on any atom is 0.509 e. The largest absolute Gasteiger partial charge is 0.509 e. The lowest BCUT2D eigenvalue weighted by atomic mass is 10.1. The predicted octanol–water partition coefficient (Wildman–Crippen LogP) is 3.22. The molecular formula is C36H45N10O13PS. The summed E-state index contributed by atoms with van der Waals surface area (Å²) in [5.74, 6) is -0.640. The van der Waals surface area contributed by atoms with Crippen molar-refractivity contribution in [3.8, 4) is 0 Å². The highest BCUT2D eigenvalue weighted by Gasteiger charge is 2.51. The van der Waals surface area contributed by atoms with Crippen LogP contribution in [0, 0.1) is 0 Å². The molecule has 328 valence electrons. The number of methoxy groups -OCH3 is 1. The molecule has 2 fully saturated rings. The number of nitrogens with one attached hydrogen (secondary N) is 1. The molecule has 7 rings (SSSR count). The van der Waals surface area contributed by atoms with Crippen LogP contribution in [-0.4, -0.2) is 138 Å². The Morgan fingerprint density at radius 3 is 2.48 bits per heavy atom. The minimum Gasteiger partial charge on any atom is -0.432 e. The van der Waals surface area contributed by atoms with Crippen molar-refractivity contribution in [3.63, 3.8) is 0 Å². The van der Waals surface area contributed by atoms with Crippen molar-refractivity contribution in [1.29, 1.82) is 0 Å². The topological polar surface area (TPSA) is 291 Å². The van der Waals surface area contributed by atoms with E-state index in [9.17, 15) is 24.4 Å². The van der Waals surface area contributed by atoms with E-state index in [0.717, 1.165) is 12.8 Å². The lowest BCUT2D eigenvalue weighted by molar-refractivity contribution is -0.0583. The van der Waals surface area contributed by atoms with Gasteiger partial charge in [0.05, 0.1) is 38.6 Å². The standard InChI is InChI=1S/C36H45N10O13PS/c1-3-4-10-53-11-12-54-36(50)55-20-61-60(51,59-28-23(14-47)58-35(29(28)52-2)46-19-42-26-30(37)38-16-40-32(26)46)56-15-24-22(48)13-25(57-24)45-18-43-27-31(39-17-41-33(27)45)44-34(49)21-8-6-5-7-9-21/h5-9,16-19,22-25,28-29,35,47-48H,3-4,10-15,20H2,1-2H3,(H2,37,38,40)(H,39,41,44,49)/t22-,23+,24+,25+,28+,29+,35+,60?/m0/s1. The molecule has 5 N–H and O–H groups in total. The Hall–Kier alpha value is -4.88. The number of nitrogens with two attached hydrogens (primary N) is 1. The Morgan fingerprint density at radius 1 is 0.951 bits per heavy atom. The van der Waals surface area contributed by atoms with E-state index in [1.807, 2.05) is 6.92 Å². The van der Waals surface area contributed by atoms with Crippen LogP contribution in [0.15, 0.2) is 55.6 Å². The Morgan fingerprint density at radius 2 is 1.70 bits per heavy atom. The lowest BCUT2D eigenvalue weighted by Gasteiger charge is -2.27. The molecule has 1 amide bonds. The summed E-state index contributed by atoms with van der Waals surface area (Å²) in [6.07, 6.45) is -1.20. The molecule has 6 heterocycles. The fourth-order valence-electron chi connectivity index (χ4n) is 6.60. The second-order valence-electron chi connectivity index (χ2n) is 13.6. The van der Waals surface area contributed by atoms with Crippen molar-refractivity contribution in [3.05, 3.63) is 61.2 Å². The van der Waals surface area contributed by atoms with E-state index >= 15 is 0 Å². The maximum absolute atomic E-state index is 14.7. The van der Waals surface area contributed by atoms with Gasteiger partial charge in [0.1, 0.15) is 55.4 Å². The smallest absolute Gasteiger partial charge is 0.432 e. The number of aliphatic hydroxyl groups excluding tert-OH is 2. The monoisotopic (exact) mass is 888 g/mol. The molecule has 4 aromatic heterocycles. The van der Waals surface area contributed by atoms with Crippen LogP contribution in [0.4, 0.5) is 16.4 Å². The van der Waals surface area contributed by atoms with Gasteiger partial charge in [-0.2, -0.15) is 0 Å². The van der Waals surface area contributed by atoms with E-state index in [1.165, 1.54) is 37.0 Å². The summed E-state index contributed by atoms with van der Waals surface area (Å²) in [5, 5.41) is 24.3. The van der Waals surface area contributed by atoms with Crippen LogP contribution >= 0.6 is 18.2 Å². The Kier molecular flexibility index (Phi) is 14.7. The highest BCUT2D eigenvalue weighted by atomic mass is 32.7. The first kappa shape index (κ1) is 44.2. The van der Waals surface area contributed by atoms with Gasteiger partial charge in [-0.15, -0.1) is 0 Å². The molecule has 5 aromatic rings. The number of ether oxygens (including phenoxy) is 6. The lowest BCUT2D eigenvalue weighted by Crippen LogP contribution is -2.37. The zero-order valence-corrected chi connectivity index (χ0v) is 34.7. The molecule has 0 saturated carbocycles. The van der Waals surface area contributed by atoms with Gasteiger partial charge >= 0.3 is 13.0 Å². The van der Waals surface area contributed by atoms with Gasteiger partial charge in [0.2, 0.25) is 0 Å². The number of aromatic nitrogens is 8. The van der Waals surface area contributed by atoms with Crippen molar-refractivity contribution in [2.45, 2.75) is 69.2 Å². The van der Waals surface area contributed by atoms with E-state index in [1.54, 1.807) is 34.9 Å². The molecule has 25 heteroatoms. The summed E-state index contributed by atoms with van der Waals surface area (Å²) in [6.45, 7) is -2.84. The van der Waals surface area contributed by atoms with Crippen molar-refractivity contribution in [2.24, 2.45) is 0 Å². The fourth-order valence-corrected chi connectivity index (χ4v) is 9.39. The molecule has 0 bridgehead atoms. The minimum atomic E-state index is -4.43. The average molecular weight is 889 g/mol. The number of hydrogen-bond donors (Lipinski definition) is 4. The number of rotatable bonds is 20. The summed E-state index contributed by atoms with van der Waals surface area (Å²) in [7, 11) is 1.37. The third-order valence-electron chi connectivity index (χ3n) is 9.67. The number of carbonyl (C=O) groups excluding carboxylic acids is 2. The summed E-state index contributed by atoms with van der Waals surface area (Å²) < 4.78 is 63.6. The van der Waals surface area contributed by atoms with Gasteiger partial charge in [-0.25, -0.2) is 39.3 Å². The first-order valence-corrected chi connectivity index (χ1v) is 22.3. The first-order chi connectivity index (χ1) is 29.6. The second-order valence-corrected chi connectivity index (χ2v) is 17.6. The van der Waals surface area contributed by atoms with Crippen LogP contribution in [0.25, 0.3) is 22.3 Å². The van der Waals surface area contributed by atoms with Gasteiger partial charge < -0.3 is 49.7 Å².